The highest BCUT2D eigenvalue weighted by atomic mass is 35.5. The number of methoxy groups -OCH3 is 1. The molecule has 6 heteroatoms. The second-order valence-corrected chi connectivity index (χ2v) is 6.05. The molecule has 0 unspecified atom stereocenters. The zero-order valence-corrected chi connectivity index (χ0v) is 13.4. The number of carbonyl (C=O) groups excluding carboxylic acids is 1. The number of ether oxygens (including phenoxy) is 1. The second kappa shape index (κ2) is 6.80. The Hall–Kier alpha value is -1.75. The first kappa shape index (κ1) is 17.3. The van der Waals surface area contributed by atoms with E-state index in [0.717, 1.165) is 0 Å². The number of carbonyl (C=O) groups is 2. The molecule has 0 radical (unpaired) electrons. The first-order valence-corrected chi connectivity index (χ1v) is 6.92. The smallest absolute Gasteiger partial charge is 0.305 e. The molecule has 0 aliphatic rings. The number of nitrogens with zero attached hydrogens (tertiary/aromatic N) is 1. The highest BCUT2D eigenvalue weighted by Gasteiger charge is 2.29. The molecule has 1 aromatic carbocycles. The van der Waals surface area contributed by atoms with E-state index in [1.54, 1.807) is 18.2 Å². The second-order valence-electron chi connectivity index (χ2n) is 5.62. The summed E-state index contributed by atoms with van der Waals surface area (Å²) in [5, 5.41) is 9.31. The minimum atomic E-state index is -0.944. The molecule has 5 nitrogen and oxygen atoms in total. The van der Waals surface area contributed by atoms with Crippen LogP contribution in [0, 0.1) is 0 Å². The molecule has 0 aromatic heterocycles. The number of amides is 1. The summed E-state index contributed by atoms with van der Waals surface area (Å²) >= 11 is 5.89. The summed E-state index contributed by atoms with van der Waals surface area (Å²) in [6.45, 7) is 5.70. The van der Waals surface area contributed by atoms with Gasteiger partial charge in [0.25, 0.3) is 5.91 Å². The molecule has 116 valence electrons. The summed E-state index contributed by atoms with van der Waals surface area (Å²) in [7, 11) is 1.46. The maximum absolute atomic E-state index is 12.7. The fraction of sp³-hybridized carbons (Fsp3) is 0.467. The highest BCUT2D eigenvalue weighted by Crippen LogP contribution is 2.27. The summed E-state index contributed by atoms with van der Waals surface area (Å²) < 4.78 is 5.19. The Labute approximate surface area is 129 Å². The number of halogens is 1. The molecular formula is C15H20ClNO4. The van der Waals surface area contributed by atoms with Crippen LogP contribution in [0.25, 0.3) is 0 Å². The van der Waals surface area contributed by atoms with Crippen LogP contribution in [-0.4, -0.2) is 41.1 Å². The van der Waals surface area contributed by atoms with E-state index in [9.17, 15) is 9.59 Å². The summed E-state index contributed by atoms with van der Waals surface area (Å²) in [4.78, 5) is 25.0. The van der Waals surface area contributed by atoms with Gasteiger partial charge < -0.3 is 14.7 Å². The van der Waals surface area contributed by atoms with Gasteiger partial charge in [-0.3, -0.25) is 9.59 Å². The molecule has 0 bridgehead atoms. The van der Waals surface area contributed by atoms with E-state index in [1.165, 1.54) is 12.0 Å². The lowest BCUT2D eigenvalue weighted by molar-refractivity contribution is -0.137. The number of aliphatic carboxylic acids is 1. The monoisotopic (exact) mass is 313 g/mol. The maximum atomic E-state index is 12.7. The van der Waals surface area contributed by atoms with Crippen LogP contribution in [0.15, 0.2) is 18.2 Å². The molecule has 0 heterocycles. The van der Waals surface area contributed by atoms with Gasteiger partial charge >= 0.3 is 5.97 Å². The lowest BCUT2D eigenvalue weighted by Gasteiger charge is -2.35. The number of carboxylic acid groups (broad SMARTS) is 1. The zero-order chi connectivity index (χ0) is 16.2. The summed E-state index contributed by atoms with van der Waals surface area (Å²) in [5.74, 6) is -0.852. The van der Waals surface area contributed by atoms with Crippen LogP contribution in [0.1, 0.15) is 37.6 Å². The zero-order valence-electron chi connectivity index (χ0n) is 12.6. The van der Waals surface area contributed by atoms with Crippen LogP contribution in [0.3, 0.4) is 0 Å². The Balaban J connectivity index is 3.13. The van der Waals surface area contributed by atoms with Crippen LogP contribution in [0.5, 0.6) is 5.75 Å². The Morgan fingerprint density at radius 2 is 1.95 bits per heavy atom. The Morgan fingerprint density at radius 1 is 1.33 bits per heavy atom. The third-order valence-electron chi connectivity index (χ3n) is 3.00. The maximum Gasteiger partial charge on any atom is 0.305 e. The van der Waals surface area contributed by atoms with Crippen molar-refractivity contribution in [3.63, 3.8) is 0 Å². The number of carboxylic acids is 1. The largest absolute Gasteiger partial charge is 0.496 e. The van der Waals surface area contributed by atoms with Crippen LogP contribution in [-0.2, 0) is 4.79 Å². The molecule has 1 N–H and O–H groups in total. The average Bonchev–Trinajstić information content (AvgIpc) is 2.36. The van der Waals surface area contributed by atoms with Crippen molar-refractivity contribution in [2.45, 2.75) is 32.7 Å². The normalized spacial score (nSPS) is 11.1. The SMILES string of the molecule is COc1cc(Cl)ccc1C(=O)N(CCC(=O)O)C(C)(C)C. The van der Waals surface area contributed by atoms with E-state index < -0.39 is 11.5 Å². The average molecular weight is 314 g/mol. The molecule has 0 saturated heterocycles. The highest BCUT2D eigenvalue weighted by molar-refractivity contribution is 6.30. The standard InChI is InChI=1S/C15H20ClNO4/c1-15(2,3)17(8-7-13(18)19)14(20)11-6-5-10(16)9-12(11)21-4/h5-6,9H,7-8H2,1-4H3,(H,18,19). The predicted octanol–water partition coefficient (Wildman–Crippen LogP) is 3.06. The van der Waals surface area contributed by atoms with Gasteiger partial charge in [0.05, 0.1) is 19.1 Å². The van der Waals surface area contributed by atoms with Gasteiger partial charge in [-0.25, -0.2) is 0 Å². The third kappa shape index (κ3) is 4.63. The van der Waals surface area contributed by atoms with Gasteiger partial charge in [0, 0.05) is 17.1 Å². The van der Waals surface area contributed by atoms with Crippen molar-refractivity contribution < 1.29 is 19.4 Å². The molecule has 21 heavy (non-hydrogen) atoms. The number of hydrogen-bond acceptors (Lipinski definition) is 3. The molecule has 0 fully saturated rings. The number of benzene rings is 1. The van der Waals surface area contributed by atoms with Gasteiger partial charge in [0.1, 0.15) is 5.75 Å². The lowest BCUT2D eigenvalue weighted by Crippen LogP contribution is -2.46. The van der Waals surface area contributed by atoms with Crippen molar-refractivity contribution in [2.75, 3.05) is 13.7 Å². The molecule has 0 saturated carbocycles. The molecule has 0 atom stereocenters. The number of hydrogen-bond donors (Lipinski definition) is 1. The van der Waals surface area contributed by atoms with E-state index in [-0.39, 0.29) is 18.9 Å². The fourth-order valence-corrected chi connectivity index (χ4v) is 2.10. The van der Waals surface area contributed by atoms with Crippen molar-refractivity contribution >= 4 is 23.5 Å². The van der Waals surface area contributed by atoms with Crippen molar-refractivity contribution in [1.82, 2.24) is 4.90 Å². The van der Waals surface area contributed by atoms with Crippen molar-refractivity contribution in [1.29, 1.82) is 0 Å². The van der Waals surface area contributed by atoms with Gasteiger partial charge in [0.15, 0.2) is 0 Å². The van der Waals surface area contributed by atoms with E-state index in [1.807, 2.05) is 20.8 Å². The molecule has 1 amide bonds. The van der Waals surface area contributed by atoms with Crippen LogP contribution in [0.2, 0.25) is 5.02 Å². The quantitative estimate of drug-likeness (QED) is 0.907. The van der Waals surface area contributed by atoms with E-state index in [2.05, 4.69) is 0 Å². The van der Waals surface area contributed by atoms with Gasteiger partial charge in [-0.2, -0.15) is 0 Å². The first-order valence-electron chi connectivity index (χ1n) is 6.54. The molecule has 0 spiro atoms. The lowest BCUT2D eigenvalue weighted by atomic mass is 10.0. The Morgan fingerprint density at radius 3 is 2.43 bits per heavy atom. The minimum absolute atomic E-state index is 0.112. The van der Waals surface area contributed by atoms with Gasteiger partial charge in [-0.05, 0) is 39.0 Å². The van der Waals surface area contributed by atoms with E-state index in [0.29, 0.717) is 16.3 Å². The number of rotatable bonds is 5. The Bertz CT molecular complexity index is 537. The molecule has 1 aromatic rings. The Kier molecular flexibility index (Phi) is 5.61. The molecular weight excluding hydrogens is 294 g/mol. The van der Waals surface area contributed by atoms with Gasteiger partial charge in [-0.15, -0.1) is 0 Å². The first-order chi connectivity index (χ1) is 9.66. The molecule has 0 aliphatic carbocycles. The minimum Gasteiger partial charge on any atom is -0.496 e. The van der Waals surface area contributed by atoms with E-state index in [4.69, 9.17) is 21.4 Å². The van der Waals surface area contributed by atoms with Crippen molar-refractivity contribution in [3.05, 3.63) is 28.8 Å². The van der Waals surface area contributed by atoms with Crippen LogP contribution >= 0.6 is 11.6 Å². The summed E-state index contributed by atoms with van der Waals surface area (Å²) in [6, 6.07) is 4.76. The molecule has 0 aliphatic heterocycles. The fourth-order valence-electron chi connectivity index (χ4n) is 1.94. The van der Waals surface area contributed by atoms with Crippen LogP contribution < -0.4 is 4.74 Å². The summed E-state index contributed by atoms with van der Waals surface area (Å²) in [5.41, 5.74) is -0.140. The van der Waals surface area contributed by atoms with Gasteiger partial charge in [-0.1, -0.05) is 11.6 Å². The predicted molar refractivity (Wildman–Crippen MR) is 81.0 cm³/mol. The molecule has 1 rings (SSSR count). The summed E-state index contributed by atoms with van der Waals surface area (Å²) in [6.07, 6.45) is -0.112. The third-order valence-corrected chi connectivity index (χ3v) is 3.23. The van der Waals surface area contributed by atoms with Crippen molar-refractivity contribution in [3.8, 4) is 5.75 Å². The van der Waals surface area contributed by atoms with E-state index >= 15 is 0 Å². The van der Waals surface area contributed by atoms with Crippen LogP contribution in [0.4, 0.5) is 0 Å². The van der Waals surface area contributed by atoms with Gasteiger partial charge in [0.2, 0.25) is 0 Å². The van der Waals surface area contributed by atoms with Crippen molar-refractivity contribution in [2.24, 2.45) is 0 Å². The topological polar surface area (TPSA) is 66.8 Å².